The Morgan fingerprint density at radius 1 is 0.848 bits per heavy atom. The van der Waals surface area contributed by atoms with Crippen LogP contribution in [0.5, 0.6) is 5.75 Å². The zero-order chi connectivity index (χ0) is 22.2. The molecule has 1 aliphatic heterocycles. The number of halogens is 1. The number of benzene rings is 3. The zero-order valence-electron chi connectivity index (χ0n) is 19.5. The van der Waals surface area contributed by atoms with E-state index in [9.17, 15) is 5.11 Å². The van der Waals surface area contributed by atoms with Gasteiger partial charge in [0.15, 0.2) is 0 Å². The fourth-order valence-corrected chi connectivity index (χ4v) is 5.00. The standard InChI is InChI=1S/C29H35NO2.ClH/c1-32-27-17-15-26(16-18-27)29(31,20-19-24-11-5-2-6-12-24)28(25-13-7-3-8-14-25)23-30-21-9-4-10-22-30;/h2-3,5-8,11-18,28,31H,4,9-10,19-23H2,1H3;1H. The number of ether oxygens (including phenoxy) is 1. The molecule has 0 spiro atoms. The largest absolute Gasteiger partial charge is 0.497 e. The Balaban J connectivity index is 0.00000306. The molecule has 3 aromatic rings. The molecule has 4 heteroatoms. The van der Waals surface area contributed by atoms with Gasteiger partial charge in [0.2, 0.25) is 0 Å². The van der Waals surface area contributed by atoms with Crippen molar-refractivity contribution in [1.29, 1.82) is 0 Å². The highest BCUT2D eigenvalue weighted by Gasteiger charge is 2.40. The second-order valence-electron chi connectivity index (χ2n) is 8.96. The highest BCUT2D eigenvalue weighted by molar-refractivity contribution is 5.85. The Bertz CT molecular complexity index is 942. The highest BCUT2D eigenvalue weighted by Crippen LogP contribution is 2.42. The third-order valence-corrected chi connectivity index (χ3v) is 6.90. The van der Waals surface area contributed by atoms with Gasteiger partial charge in [-0.05, 0) is 67.6 Å². The van der Waals surface area contributed by atoms with Gasteiger partial charge in [-0.15, -0.1) is 12.4 Å². The van der Waals surface area contributed by atoms with Crippen molar-refractivity contribution in [1.82, 2.24) is 4.90 Å². The van der Waals surface area contributed by atoms with E-state index in [1.807, 2.05) is 30.3 Å². The summed E-state index contributed by atoms with van der Waals surface area (Å²) < 4.78 is 5.39. The molecule has 0 radical (unpaired) electrons. The Labute approximate surface area is 204 Å². The molecule has 3 aromatic carbocycles. The van der Waals surface area contributed by atoms with E-state index >= 15 is 0 Å². The topological polar surface area (TPSA) is 32.7 Å². The fourth-order valence-electron chi connectivity index (χ4n) is 5.00. The average molecular weight is 466 g/mol. The summed E-state index contributed by atoms with van der Waals surface area (Å²) in [6.45, 7) is 3.09. The Morgan fingerprint density at radius 2 is 1.45 bits per heavy atom. The third kappa shape index (κ3) is 6.38. The first kappa shape index (κ1) is 25.3. The molecule has 0 amide bonds. The van der Waals surface area contributed by atoms with E-state index in [2.05, 4.69) is 59.5 Å². The van der Waals surface area contributed by atoms with E-state index in [-0.39, 0.29) is 18.3 Å². The summed E-state index contributed by atoms with van der Waals surface area (Å²) in [5.41, 5.74) is 2.43. The highest BCUT2D eigenvalue weighted by atomic mass is 35.5. The molecule has 0 aromatic heterocycles. The zero-order valence-corrected chi connectivity index (χ0v) is 20.3. The van der Waals surface area contributed by atoms with E-state index in [1.165, 1.54) is 30.4 Å². The minimum Gasteiger partial charge on any atom is -0.497 e. The number of hydrogen-bond donors (Lipinski definition) is 1. The lowest BCUT2D eigenvalue weighted by Gasteiger charge is -2.41. The molecular weight excluding hydrogens is 430 g/mol. The van der Waals surface area contributed by atoms with Crippen molar-refractivity contribution in [2.75, 3.05) is 26.7 Å². The average Bonchev–Trinajstić information content (AvgIpc) is 2.88. The van der Waals surface area contributed by atoms with Crippen molar-refractivity contribution < 1.29 is 9.84 Å². The number of piperidine rings is 1. The molecule has 0 bridgehead atoms. The first-order valence-electron chi connectivity index (χ1n) is 11.9. The lowest BCUT2D eigenvalue weighted by Crippen LogP contribution is -2.43. The number of aryl methyl sites for hydroxylation is 1. The molecule has 0 aliphatic carbocycles. The number of nitrogens with zero attached hydrogens (tertiary/aromatic N) is 1. The molecule has 33 heavy (non-hydrogen) atoms. The predicted molar refractivity (Wildman–Crippen MR) is 138 cm³/mol. The third-order valence-electron chi connectivity index (χ3n) is 6.90. The normalized spacial score (nSPS) is 16.9. The minimum atomic E-state index is -0.985. The second-order valence-corrected chi connectivity index (χ2v) is 8.96. The number of methoxy groups -OCH3 is 1. The van der Waals surface area contributed by atoms with Crippen molar-refractivity contribution in [2.24, 2.45) is 0 Å². The predicted octanol–water partition coefficient (Wildman–Crippen LogP) is 6.21. The van der Waals surface area contributed by atoms with Gasteiger partial charge in [0.05, 0.1) is 12.7 Å². The van der Waals surface area contributed by atoms with Crippen LogP contribution in [0.15, 0.2) is 84.9 Å². The SMILES string of the molecule is COc1ccc(C(O)(CCc2ccccc2)C(CN2CCCCC2)c2ccccc2)cc1.Cl. The van der Waals surface area contributed by atoms with Crippen LogP contribution >= 0.6 is 12.4 Å². The number of likely N-dealkylation sites (tertiary alicyclic amines) is 1. The molecule has 1 fully saturated rings. The van der Waals surface area contributed by atoms with Crippen molar-refractivity contribution in [3.8, 4) is 5.75 Å². The van der Waals surface area contributed by atoms with Crippen LogP contribution in [0, 0.1) is 0 Å². The van der Waals surface area contributed by atoms with E-state index in [0.29, 0.717) is 6.42 Å². The van der Waals surface area contributed by atoms with Gasteiger partial charge in [-0.2, -0.15) is 0 Å². The molecule has 0 saturated carbocycles. The molecule has 3 nitrogen and oxygen atoms in total. The molecule has 1 N–H and O–H groups in total. The van der Waals surface area contributed by atoms with Crippen molar-refractivity contribution in [2.45, 2.75) is 43.6 Å². The summed E-state index contributed by atoms with van der Waals surface area (Å²) in [4.78, 5) is 2.54. The monoisotopic (exact) mass is 465 g/mol. The molecule has 1 heterocycles. The van der Waals surface area contributed by atoms with E-state index < -0.39 is 5.60 Å². The molecule has 2 atom stereocenters. The summed E-state index contributed by atoms with van der Waals surface area (Å²) in [5.74, 6) is 0.797. The Morgan fingerprint density at radius 3 is 2.06 bits per heavy atom. The van der Waals surface area contributed by atoms with Crippen LogP contribution in [-0.4, -0.2) is 36.8 Å². The van der Waals surface area contributed by atoms with Crippen molar-refractivity contribution >= 4 is 12.4 Å². The summed E-state index contributed by atoms with van der Waals surface area (Å²) in [6, 6.07) is 29.1. The minimum absolute atomic E-state index is 0. The Hall–Kier alpha value is -2.33. The molecule has 4 rings (SSSR count). The van der Waals surface area contributed by atoms with Gasteiger partial charge in [-0.3, -0.25) is 0 Å². The maximum absolute atomic E-state index is 12.5. The first-order valence-corrected chi connectivity index (χ1v) is 11.9. The molecule has 176 valence electrons. The number of aliphatic hydroxyl groups is 1. The van der Waals surface area contributed by atoms with Crippen LogP contribution in [0.3, 0.4) is 0 Å². The fraction of sp³-hybridized carbons (Fsp3) is 0.379. The molecular formula is C29H36ClNO2. The summed E-state index contributed by atoms with van der Waals surface area (Å²) in [7, 11) is 1.68. The lowest BCUT2D eigenvalue weighted by molar-refractivity contribution is -0.0144. The van der Waals surface area contributed by atoms with Gasteiger partial charge in [0.25, 0.3) is 0 Å². The summed E-state index contributed by atoms with van der Waals surface area (Å²) >= 11 is 0. The van der Waals surface area contributed by atoms with E-state index in [4.69, 9.17) is 4.74 Å². The van der Waals surface area contributed by atoms with Crippen LogP contribution < -0.4 is 4.74 Å². The number of hydrogen-bond acceptors (Lipinski definition) is 3. The summed E-state index contributed by atoms with van der Waals surface area (Å²) in [5, 5.41) is 12.5. The van der Waals surface area contributed by atoms with Gasteiger partial charge >= 0.3 is 0 Å². The van der Waals surface area contributed by atoms with Gasteiger partial charge in [0, 0.05) is 12.5 Å². The second kappa shape index (κ2) is 12.2. The van der Waals surface area contributed by atoms with Crippen LogP contribution in [0.4, 0.5) is 0 Å². The van der Waals surface area contributed by atoms with Crippen LogP contribution in [0.25, 0.3) is 0 Å². The Kier molecular flexibility index (Phi) is 9.37. The summed E-state index contributed by atoms with van der Waals surface area (Å²) in [6.07, 6.45) is 5.28. The van der Waals surface area contributed by atoms with Crippen LogP contribution in [-0.2, 0) is 12.0 Å². The van der Waals surface area contributed by atoms with Crippen molar-refractivity contribution in [3.05, 3.63) is 102 Å². The molecule has 2 unspecified atom stereocenters. The first-order chi connectivity index (χ1) is 15.7. The van der Waals surface area contributed by atoms with Gasteiger partial charge in [0.1, 0.15) is 5.75 Å². The van der Waals surface area contributed by atoms with E-state index in [0.717, 1.165) is 37.4 Å². The van der Waals surface area contributed by atoms with Crippen LogP contribution in [0.1, 0.15) is 48.3 Å². The smallest absolute Gasteiger partial charge is 0.118 e. The van der Waals surface area contributed by atoms with Gasteiger partial charge < -0.3 is 14.7 Å². The maximum Gasteiger partial charge on any atom is 0.118 e. The number of rotatable bonds is 9. The van der Waals surface area contributed by atoms with Gasteiger partial charge in [-0.25, -0.2) is 0 Å². The maximum atomic E-state index is 12.5. The molecule has 1 aliphatic rings. The molecule has 1 saturated heterocycles. The lowest BCUT2D eigenvalue weighted by atomic mass is 9.73. The van der Waals surface area contributed by atoms with E-state index in [1.54, 1.807) is 7.11 Å². The van der Waals surface area contributed by atoms with Gasteiger partial charge in [-0.1, -0.05) is 79.2 Å². The quantitative estimate of drug-likeness (QED) is 0.408. The van der Waals surface area contributed by atoms with Crippen LogP contribution in [0.2, 0.25) is 0 Å². The van der Waals surface area contributed by atoms with Crippen molar-refractivity contribution in [3.63, 3.8) is 0 Å².